The van der Waals surface area contributed by atoms with Crippen molar-refractivity contribution in [1.29, 1.82) is 0 Å². The van der Waals surface area contributed by atoms with Gasteiger partial charge in [-0.3, -0.25) is 4.79 Å². The van der Waals surface area contributed by atoms with E-state index >= 15 is 0 Å². The van der Waals surface area contributed by atoms with Gasteiger partial charge in [0.2, 0.25) is 0 Å². The maximum atomic E-state index is 10.7. The van der Waals surface area contributed by atoms with E-state index < -0.39 is 0 Å². The number of carbonyl (C=O) groups excluding carboxylic acids is 2. The van der Waals surface area contributed by atoms with Gasteiger partial charge in [-0.2, -0.15) is 0 Å². The van der Waals surface area contributed by atoms with Crippen molar-refractivity contribution in [3.05, 3.63) is 16.1 Å². The zero-order valence-electron chi connectivity index (χ0n) is 9.43. The average Bonchev–Trinajstić information content (AvgIpc) is 2.99. The number of thiazole rings is 1. The minimum atomic E-state index is -0.336. The smallest absolute Gasteiger partial charge is 0.178 e. The molecule has 5 heteroatoms. The molecule has 88 valence electrons. The van der Waals surface area contributed by atoms with Gasteiger partial charge in [0.1, 0.15) is 6.29 Å². The molecular weight excluding hydrogens is 226 g/mol. The molecule has 1 aliphatic rings. The van der Waals surface area contributed by atoms with Gasteiger partial charge >= 0.3 is 0 Å². The number of carbonyl (C=O) groups is 2. The Labute approximate surface area is 98.6 Å². The number of ether oxygens (including phenoxy) is 1. The summed E-state index contributed by atoms with van der Waals surface area (Å²) in [6.45, 7) is 2.78. The van der Waals surface area contributed by atoms with Crippen LogP contribution in [0, 0.1) is 0 Å². The molecule has 16 heavy (non-hydrogen) atoms. The molecular formula is C11H15NO3S. The van der Waals surface area contributed by atoms with Gasteiger partial charge in [-0.25, -0.2) is 4.98 Å². The monoisotopic (exact) mass is 241 g/mol. The van der Waals surface area contributed by atoms with Gasteiger partial charge in [0, 0.05) is 19.1 Å². The van der Waals surface area contributed by atoms with E-state index in [-0.39, 0.29) is 5.41 Å². The van der Waals surface area contributed by atoms with Crippen LogP contribution in [-0.4, -0.2) is 31.3 Å². The first-order valence-electron chi connectivity index (χ1n) is 5.09. The Hall–Kier alpha value is -1.07. The summed E-state index contributed by atoms with van der Waals surface area (Å²) in [5, 5.41) is 2.25. The molecule has 0 aliphatic heterocycles. The van der Waals surface area contributed by atoms with E-state index in [0.29, 0.717) is 5.01 Å². The summed E-state index contributed by atoms with van der Waals surface area (Å²) in [6, 6.07) is 0. The third-order valence-corrected chi connectivity index (χ3v) is 3.21. The molecule has 1 aliphatic carbocycles. The summed E-state index contributed by atoms with van der Waals surface area (Å²) in [7, 11) is 1.68. The van der Waals surface area contributed by atoms with Crippen LogP contribution in [0.2, 0.25) is 0 Å². The predicted molar refractivity (Wildman–Crippen MR) is 62.0 cm³/mol. The fraction of sp³-hybridized carbons (Fsp3) is 0.545. The van der Waals surface area contributed by atoms with Crippen molar-refractivity contribution in [2.75, 3.05) is 13.7 Å². The first kappa shape index (κ1) is 13.0. The molecule has 2 rings (SSSR count). The molecule has 0 atom stereocenters. The number of hydrogen-bond donors (Lipinski definition) is 0. The molecule has 0 amide bonds. The van der Waals surface area contributed by atoms with Crippen LogP contribution in [0.1, 0.15) is 35.3 Å². The van der Waals surface area contributed by atoms with Crippen molar-refractivity contribution in [2.24, 2.45) is 0 Å². The highest BCUT2D eigenvalue weighted by Gasteiger charge is 2.46. The van der Waals surface area contributed by atoms with Crippen LogP contribution >= 0.6 is 11.3 Å². The molecule has 0 saturated heterocycles. The van der Waals surface area contributed by atoms with E-state index in [0.717, 1.165) is 37.7 Å². The van der Waals surface area contributed by atoms with Crippen molar-refractivity contribution < 1.29 is 14.3 Å². The Balaban J connectivity index is 0.000000280. The Bertz CT molecular complexity index is 356. The van der Waals surface area contributed by atoms with E-state index in [4.69, 9.17) is 0 Å². The maximum Gasteiger partial charge on any atom is 0.178 e. The molecule has 4 nitrogen and oxygen atoms in total. The SMILES string of the molecule is CCOC.O=Cc1nc(C2(C=O)CC2)cs1. The van der Waals surface area contributed by atoms with Crippen LogP contribution in [0.4, 0.5) is 0 Å². The van der Waals surface area contributed by atoms with E-state index in [2.05, 4.69) is 9.72 Å². The standard InChI is InChI=1S/C8H7NO2S.C3H8O/c10-3-7-9-6(4-12-7)8(5-11)1-2-8;1-3-4-2/h3-5H,1-2H2;3H2,1-2H3. The third-order valence-electron chi connectivity index (χ3n) is 2.44. The summed E-state index contributed by atoms with van der Waals surface area (Å²) in [4.78, 5) is 25.0. The van der Waals surface area contributed by atoms with Crippen molar-refractivity contribution in [1.82, 2.24) is 4.98 Å². The molecule has 1 heterocycles. The molecule has 1 fully saturated rings. The molecule has 0 aromatic carbocycles. The van der Waals surface area contributed by atoms with Gasteiger partial charge in [-0.1, -0.05) is 0 Å². The largest absolute Gasteiger partial charge is 0.385 e. The second-order valence-electron chi connectivity index (χ2n) is 3.54. The molecule has 0 spiro atoms. The van der Waals surface area contributed by atoms with Gasteiger partial charge in [0.15, 0.2) is 11.3 Å². The van der Waals surface area contributed by atoms with E-state index in [1.165, 1.54) is 11.3 Å². The Morgan fingerprint density at radius 3 is 2.50 bits per heavy atom. The van der Waals surface area contributed by atoms with Crippen LogP contribution < -0.4 is 0 Å². The molecule has 1 saturated carbocycles. The Morgan fingerprint density at radius 2 is 2.19 bits per heavy atom. The highest BCUT2D eigenvalue weighted by Crippen LogP contribution is 2.46. The van der Waals surface area contributed by atoms with Gasteiger partial charge in [0.05, 0.1) is 11.1 Å². The Kier molecular flexibility index (Phi) is 4.76. The number of rotatable bonds is 4. The summed E-state index contributed by atoms with van der Waals surface area (Å²) < 4.78 is 4.54. The molecule has 0 unspecified atom stereocenters. The number of methoxy groups -OCH3 is 1. The molecule has 1 aromatic heterocycles. The lowest BCUT2D eigenvalue weighted by molar-refractivity contribution is -0.109. The van der Waals surface area contributed by atoms with Crippen molar-refractivity contribution in [3.8, 4) is 0 Å². The van der Waals surface area contributed by atoms with E-state index in [9.17, 15) is 9.59 Å². The zero-order valence-corrected chi connectivity index (χ0v) is 10.3. The summed E-state index contributed by atoms with van der Waals surface area (Å²) in [5.41, 5.74) is 0.433. The van der Waals surface area contributed by atoms with Gasteiger partial charge < -0.3 is 9.53 Å². The summed E-state index contributed by atoms with van der Waals surface area (Å²) in [6.07, 6.45) is 3.41. The fourth-order valence-corrected chi connectivity index (χ4v) is 1.87. The van der Waals surface area contributed by atoms with Gasteiger partial charge in [-0.05, 0) is 19.8 Å². The zero-order chi connectivity index (χ0) is 12.0. The number of aldehydes is 2. The lowest BCUT2D eigenvalue weighted by Gasteiger charge is -1.98. The van der Waals surface area contributed by atoms with Gasteiger partial charge in [0.25, 0.3) is 0 Å². The number of nitrogens with zero attached hydrogens (tertiary/aromatic N) is 1. The average molecular weight is 241 g/mol. The molecule has 0 N–H and O–H groups in total. The lowest BCUT2D eigenvalue weighted by atomic mass is 10.1. The van der Waals surface area contributed by atoms with Crippen LogP contribution in [0.15, 0.2) is 5.38 Å². The second-order valence-corrected chi connectivity index (χ2v) is 4.43. The van der Waals surface area contributed by atoms with Crippen molar-refractivity contribution in [2.45, 2.75) is 25.2 Å². The van der Waals surface area contributed by atoms with Crippen LogP contribution in [0.25, 0.3) is 0 Å². The lowest BCUT2D eigenvalue weighted by Crippen LogP contribution is -2.08. The maximum absolute atomic E-state index is 10.7. The third kappa shape index (κ3) is 2.96. The quantitative estimate of drug-likeness (QED) is 0.755. The number of aromatic nitrogens is 1. The van der Waals surface area contributed by atoms with Crippen LogP contribution in [-0.2, 0) is 14.9 Å². The van der Waals surface area contributed by atoms with E-state index in [1.807, 2.05) is 6.92 Å². The van der Waals surface area contributed by atoms with Crippen LogP contribution in [0.3, 0.4) is 0 Å². The summed E-state index contributed by atoms with van der Waals surface area (Å²) in [5.74, 6) is 0. The summed E-state index contributed by atoms with van der Waals surface area (Å²) >= 11 is 1.29. The van der Waals surface area contributed by atoms with Crippen LogP contribution in [0.5, 0.6) is 0 Å². The highest BCUT2D eigenvalue weighted by molar-refractivity contribution is 7.11. The molecule has 1 aromatic rings. The molecule has 0 bridgehead atoms. The van der Waals surface area contributed by atoms with Crippen molar-refractivity contribution in [3.63, 3.8) is 0 Å². The minimum absolute atomic E-state index is 0.336. The predicted octanol–water partition coefficient (Wildman–Crippen LogP) is 1.84. The molecule has 0 radical (unpaired) electrons. The second kappa shape index (κ2) is 5.86. The topological polar surface area (TPSA) is 56.3 Å². The highest BCUT2D eigenvalue weighted by atomic mass is 32.1. The first-order valence-corrected chi connectivity index (χ1v) is 5.97. The van der Waals surface area contributed by atoms with E-state index in [1.54, 1.807) is 12.5 Å². The number of hydrogen-bond acceptors (Lipinski definition) is 5. The normalized spacial score (nSPS) is 15.9. The minimum Gasteiger partial charge on any atom is -0.385 e. The Morgan fingerprint density at radius 1 is 1.56 bits per heavy atom. The first-order chi connectivity index (χ1) is 7.72. The van der Waals surface area contributed by atoms with Gasteiger partial charge in [-0.15, -0.1) is 11.3 Å². The fourth-order valence-electron chi connectivity index (χ4n) is 1.14. The van der Waals surface area contributed by atoms with Crippen molar-refractivity contribution >= 4 is 23.9 Å².